The van der Waals surface area contributed by atoms with Crippen LogP contribution in [-0.4, -0.2) is 34.0 Å². The van der Waals surface area contributed by atoms with Crippen molar-refractivity contribution >= 4 is 15.5 Å². The first kappa shape index (κ1) is 15.8. The summed E-state index contributed by atoms with van der Waals surface area (Å²) in [4.78, 5) is 0.110. The van der Waals surface area contributed by atoms with Crippen LogP contribution in [0.4, 0.5) is 5.69 Å². The van der Waals surface area contributed by atoms with Gasteiger partial charge >= 0.3 is 0 Å². The Hall–Kier alpha value is -1.27. The van der Waals surface area contributed by atoms with E-state index in [4.69, 9.17) is 15.2 Å². The van der Waals surface area contributed by atoms with E-state index in [-0.39, 0.29) is 22.9 Å². The molecule has 0 atom stereocenters. The van der Waals surface area contributed by atoms with Crippen molar-refractivity contribution in [2.75, 3.05) is 31.3 Å². The molecule has 0 aliphatic rings. The molecule has 0 radical (unpaired) electrons. The highest BCUT2D eigenvalue weighted by Gasteiger charge is 2.18. The summed E-state index contributed by atoms with van der Waals surface area (Å²) < 4.78 is 34.8. The highest BCUT2D eigenvalue weighted by molar-refractivity contribution is 7.91. The average Bonchev–Trinajstić information content (AvgIpc) is 2.37. The smallest absolute Gasteiger partial charge is 0.182 e. The summed E-state index contributed by atoms with van der Waals surface area (Å²) in [6, 6.07) is 4.67. The Labute approximate surface area is 114 Å². The van der Waals surface area contributed by atoms with Crippen LogP contribution >= 0.6 is 0 Å². The normalized spacial score (nSPS) is 11.5. The van der Waals surface area contributed by atoms with Crippen LogP contribution in [0.5, 0.6) is 5.75 Å². The standard InChI is InChI=1S/C13H21NO4S/c1-3-7-17-8-9-19(15,16)13-10-11(18-4-2)5-6-12(13)14/h5-6,10H,3-4,7-9,14H2,1-2H3. The molecule has 0 saturated heterocycles. The van der Waals surface area contributed by atoms with Gasteiger partial charge in [-0.25, -0.2) is 8.42 Å². The number of hydrogen-bond acceptors (Lipinski definition) is 5. The van der Waals surface area contributed by atoms with Gasteiger partial charge in [0.2, 0.25) is 0 Å². The van der Waals surface area contributed by atoms with E-state index >= 15 is 0 Å². The quantitative estimate of drug-likeness (QED) is 0.583. The molecule has 0 aliphatic heterocycles. The van der Waals surface area contributed by atoms with Gasteiger partial charge < -0.3 is 15.2 Å². The molecule has 19 heavy (non-hydrogen) atoms. The van der Waals surface area contributed by atoms with Crippen molar-refractivity contribution in [1.29, 1.82) is 0 Å². The molecular formula is C13H21NO4S. The van der Waals surface area contributed by atoms with Crippen LogP contribution in [0.3, 0.4) is 0 Å². The summed E-state index contributed by atoms with van der Waals surface area (Å²) in [5.74, 6) is 0.428. The summed E-state index contributed by atoms with van der Waals surface area (Å²) in [6.07, 6.45) is 0.863. The van der Waals surface area contributed by atoms with Crippen molar-refractivity contribution in [1.82, 2.24) is 0 Å². The zero-order chi connectivity index (χ0) is 14.3. The number of nitrogen functional groups attached to an aromatic ring is 1. The monoisotopic (exact) mass is 287 g/mol. The fourth-order valence-corrected chi connectivity index (χ4v) is 2.85. The topological polar surface area (TPSA) is 78.6 Å². The van der Waals surface area contributed by atoms with Crippen LogP contribution in [0.2, 0.25) is 0 Å². The molecule has 0 unspecified atom stereocenters. The molecule has 0 bridgehead atoms. The summed E-state index contributed by atoms with van der Waals surface area (Å²) >= 11 is 0. The van der Waals surface area contributed by atoms with E-state index in [0.29, 0.717) is 19.0 Å². The number of hydrogen-bond donors (Lipinski definition) is 1. The predicted molar refractivity (Wildman–Crippen MR) is 75.2 cm³/mol. The number of ether oxygens (including phenoxy) is 2. The fraction of sp³-hybridized carbons (Fsp3) is 0.538. The first-order valence-electron chi connectivity index (χ1n) is 6.34. The molecule has 0 aliphatic carbocycles. The maximum atomic E-state index is 12.2. The van der Waals surface area contributed by atoms with Gasteiger partial charge in [-0.05, 0) is 25.5 Å². The maximum absolute atomic E-state index is 12.2. The van der Waals surface area contributed by atoms with E-state index in [1.807, 2.05) is 13.8 Å². The second kappa shape index (κ2) is 7.35. The van der Waals surface area contributed by atoms with Crippen LogP contribution < -0.4 is 10.5 Å². The molecule has 0 heterocycles. The van der Waals surface area contributed by atoms with E-state index in [2.05, 4.69) is 0 Å². The number of sulfone groups is 1. The van der Waals surface area contributed by atoms with Crippen molar-refractivity contribution in [3.05, 3.63) is 18.2 Å². The van der Waals surface area contributed by atoms with Crippen LogP contribution in [0, 0.1) is 0 Å². The molecule has 1 aromatic carbocycles. The molecule has 2 N–H and O–H groups in total. The molecule has 108 valence electrons. The summed E-state index contributed by atoms with van der Waals surface area (Å²) in [5, 5.41) is 0. The van der Waals surface area contributed by atoms with Gasteiger partial charge in [-0.2, -0.15) is 0 Å². The van der Waals surface area contributed by atoms with Crippen molar-refractivity contribution in [3.63, 3.8) is 0 Å². The van der Waals surface area contributed by atoms with Crippen molar-refractivity contribution in [2.45, 2.75) is 25.2 Å². The third-order valence-electron chi connectivity index (χ3n) is 2.48. The molecule has 1 aromatic rings. The molecule has 0 aromatic heterocycles. The van der Waals surface area contributed by atoms with Gasteiger partial charge in [-0.1, -0.05) is 6.92 Å². The molecule has 0 fully saturated rings. The Bertz CT molecular complexity index is 499. The largest absolute Gasteiger partial charge is 0.494 e. The Morgan fingerprint density at radius 2 is 1.95 bits per heavy atom. The van der Waals surface area contributed by atoms with Crippen molar-refractivity contribution in [3.8, 4) is 5.75 Å². The van der Waals surface area contributed by atoms with Crippen LogP contribution in [0.25, 0.3) is 0 Å². The minimum atomic E-state index is -3.44. The number of rotatable bonds is 8. The van der Waals surface area contributed by atoms with Crippen LogP contribution in [0.15, 0.2) is 23.1 Å². The molecular weight excluding hydrogens is 266 g/mol. The second-order valence-electron chi connectivity index (χ2n) is 4.06. The first-order valence-corrected chi connectivity index (χ1v) is 7.99. The Balaban J connectivity index is 2.84. The van der Waals surface area contributed by atoms with Gasteiger partial charge in [-0.15, -0.1) is 0 Å². The molecule has 0 spiro atoms. The van der Waals surface area contributed by atoms with Gasteiger partial charge in [0.15, 0.2) is 9.84 Å². The predicted octanol–water partition coefficient (Wildman–Crippen LogP) is 1.87. The van der Waals surface area contributed by atoms with Gasteiger partial charge in [0.1, 0.15) is 5.75 Å². The van der Waals surface area contributed by atoms with Gasteiger partial charge in [0, 0.05) is 12.7 Å². The molecule has 1 rings (SSSR count). The lowest BCUT2D eigenvalue weighted by Gasteiger charge is -2.10. The minimum Gasteiger partial charge on any atom is -0.494 e. The van der Waals surface area contributed by atoms with E-state index < -0.39 is 9.84 Å². The first-order chi connectivity index (χ1) is 9.01. The Morgan fingerprint density at radius 3 is 2.58 bits per heavy atom. The van der Waals surface area contributed by atoms with E-state index in [9.17, 15) is 8.42 Å². The fourth-order valence-electron chi connectivity index (χ4n) is 1.57. The zero-order valence-electron chi connectivity index (χ0n) is 11.4. The second-order valence-corrected chi connectivity index (χ2v) is 6.14. The summed E-state index contributed by atoms with van der Waals surface area (Å²) in [6.45, 7) is 5.02. The third kappa shape index (κ3) is 4.72. The highest BCUT2D eigenvalue weighted by Crippen LogP contribution is 2.25. The minimum absolute atomic E-state index is 0.0766. The summed E-state index contributed by atoms with van der Waals surface area (Å²) in [5.41, 5.74) is 5.96. The summed E-state index contributed by atoms with van der Waals surface area (Å²) in [7, 11) is -3.44. The van der Waals surface area contributed by atoms with E-state index in [1.54, 1.807) is 12.1 Å². The lowest BCUT2D eigenvalue weighted by Crippen LogP contribution is -2.14. The number of nitrogens with two attached hydrogens (primary N) is 1. The number of benzene rings is 1. The van der Waals surface area contributed by atoms with Gasteiger partial charge in [0.05, 0.1) is 29.5 Å². The zero-order valence-corrected chi connectivity index (χ0v) is 12.2. The van der Waals surface area contributed by atoms with E-state index in [1.165, 1.54) is 6.07 Å². The van der Waals surface area contributed by atoms with Crippen molar-refractivity contribution in [2.24, 2.45) is 0 Å². The average molecular weight is 287 g/mol. The van der Waals surface area contributed by atoms with Gasteiger partial charge in [-0.3, -0.25) is 0 Å². The molecule has 5 nitrogen and oxygen atoms in total. The lowest BCUT2D eigenvalue weighted by atomic mass is 10.3. The molecule has 6 heteroatoms. The van der Waals surface area contributed by atoms with Crippen molar-refractivity contribution < 1.29 is 17.9 Å². The number of anilines is 1. The Morgan fingerprint density at radius 1 is 1.21 bits per heavy atom. The van der Waals surface area contributed by atoms with Gasteiger partial charge in [0.25, 0.3) is 0 Å². The van der Waals surface area contributed by atoms with Crippen LogP contribution in [-0.2, 0) is 14.6 Å². The SMILES string of the molecule is CCCOCCS(=O)(=O)c1cc(OCC)ccc1N. The molecule has 0 saturated carbocycles. The van der Waals surface area contributed by atoms with E-state index in [0.717, 1.165) is 6.42 Å². The Kier molecular flexibility index (Phi) is 6.11. The molecule has 0 amide bonds. The van der Waals surface area contributed by atoms with Crippen LogP contribution in [0.1, 0.15) is 20.3 Å². The maximum Gasteiger partial charge on any atom is 0.182 e. The highest BCUT2D eigenvalue weighted by atomic mass is 32.2. The lowest BCUT2D eigenvalue weighted by molar-refractivity contribution is 0.149. The third-order valence-corrected chi connectivity index (χ3v) is 4.20.